The second-order valence-electron chi connectivity index (χ2n) is 3.28. The van der Waals surface area contributed by atoms with Crippen LogP contribution in [0.2, 0.25) is 0 Å². The van der Waals surface area contributed by atoms with Crippen molar-refractivity contribution in [3.8, 4) is 5.75 Å². The Balaban J connectivity index is 3.19. The molecule has 1 aromatic rings. The Labute approximate surface area is 67.5 Å². The lowest BCUT2D eigenvalue weighted by atomic mass is 10.1. The van der Waals surface area contributed by atoms with E-state index in [1.165, 1.54) is 0 Å². The van der Waals surface area contributed by atoms with Crippen molar-refractivity contribution >= 4 is 0 Å². The lowest BCUT2D eigenvalue weighted by molar-refractivity contribution is 0.461. The third kappa shape index (κ3) is 1.25. The zero-order valence-electron chi connectivity index (χ0n) is 7.55. The van der Waals surface area contributed by atoms with Crippen LogP contribution in [0.25, 0.3) is 0 Å². The second kappa shape index (κ2) is 2.61. The average Bonchev–Trinajstić information content (AvgIpc) is 2.17. The summed E-state index contributed by atoms with van der Waals surface area (Å²) in [6.07, 6.45) is 1.98. The molecule has 0 amide bonds. The van der Waals surface area contributed by atoms with Gasteiger partial charge < -0.3 is 9.67 Å². The molecule has 0 spiro atoms. The fraction of sp³-hybridized carbons (Fsp3) is 0.556. The van der Waals surface area contributed by atoms with Gasteiger partial charge in [0.15, 0.2) is 0 Å². The monoisotopic (exact) mass is 153 g/mol. The van der Waals surface area contributed by atoms with E-state index in [2.05, 4.69) is 13.8 Å². The van der Waals surface area contributed by atoms with Gasteiger partial charge in [-0.15, -0.1) is 0 Å². The molecule has 0 saturated carbocycles. The predicted octanol–water partition coefficient (Wildman–Crippen LogP) is 2.16. The zero-order valence-corrected chi connectivity index (χ0v) is 7.55. The van der Waals surface area contributed by atoms with Gasteiger partial charge in [-0.1, -0.05) is 13.8 Å². The summed E-state index contributed by atoms with van der Waals surface area (Å²) in [5.74, 6) is 0.845. The van der Waals surface area contributed by atoms with Crippen LogP contribution in [0.4, 0.5) is 0 Å². The first kappa shape index (κ1) is 8.18. The third-order valence-corrected chi connectivity index (χ3v) is 2.10. The molecule has 0 aromatic carbocycles. The molecule has 1 rings (SSSR count). The highest BCUT2D eigenvalue weighted by Crippen LogP contribution is 2.29. The van der Waals surface area contributed by atoms with Gasteiger partial charge in [-0.25, -0.2) is 0 Å². The van der Waals surface area contributed by atoms with Crippen LogP contribution >= 0.6 is 0 Å². The molecule has 0 unspecified atom stereocenters. The van der Waals surface area contributed by atoms with Crippen molar-refractivity contribution in [2.45, 2.75) is 26.7 Å². The molecule has 1 N–H and O–H groups in total. The summed E-state index contributed by atoms with van der Waals surface area (Å²) < 4.78 is 1.95. The lowest BCUT2D eigenvalue weighted by Gasteiger charge is -2.00. The maximum atomic E-state index is 9.57. The molecule has 11 heavy (non-hydrogen) atoms. The summed E-state index contributed by atoms with van der Waals surface area (Å²) in [6, 6.07) is 0. The number of nitrogens with zero attached hydrogens (tertiary/aromatic N) is 1. The Hall–Kier alpha value is -0.920. The van der Waals surface area contributed by atoms with E-state index in [-0.39, 0.29) is 0 Å². The van der Waals surface area contributed by atoms with Crippen molar-refractivity contribution in [1.82, 2.24) is 4.57 Å². The summed E-state index contributed by atoms with van der Waals surface area (Å²) in [7, 11) is 1.95. The van der Waals surface area contributed by atoms with Crippen molar-refractivity contribution < 1.29 is 5.11 Å². The van der Waals surface area contributed by atoms with E-state index >= 15 is 0 Å². The van der Waals surface area contributed by atoms with E-state index in [1.54, 1.807) is 0 Å². The minimum absolute atomic E-state index is 0.398. The van der Waals surface area contributed by atoms with Gasteiger partial charge in [0.1, 0.15) is 5.75 Å². The van der Waals surface area contributed by atoms with Crippen LogP contribution < -0.4 is 0 Å². The summed E-state index contributed by atoms with van der Waals surface area (Å²) in [6.45, 7) is 6.07. The highest BCUT2D eigenvalue weighted by molar-refractivity contribution is 5.38. The summed E-state index contributed by atoms with van der Waals surface area (Å²) in [4.78, 5) is 0. The number of hydrogen-bond acceptors (Lipinski definition) is 1. The van der Waals surface area contributed by atoms with E-state index < -0.39 is 0 Å². The first-order valence-corrected chi connectivity index (χ1v) is 3.88. The Morgan fingerprint density at radius 1 is 1.45 bits per heavy atom. The van der Waals surface area contributed by atoms with E-state index in [0.717, 1.165) is 11.3 Å². The normalized spacial score (nSPS) is 11.0. The van der Waals surface area contributed by atoms with Crippen LogP contribution in [-0.4, -0.2) is 9.67 Å². The van der Waals surface area contributed by atoms with Crippen LogP contribution in [0, 0.1) is 6.92 Å². The van der Waals surface area contributed by atoms with Gasteiger partial charge in [0.25, 0.3) is 0 Å². The smallest absolute Gasteiger partial charge is 0.139 e. The molecule has 1 heterocycles. The van der Waals surface area contributed by atoms with E-state index in [4.69, 9.17) is 0 Å². The molecule has 0 radical (unpaired) electrons. The molecule has 0 aliphatic heterocycles. The number of aryl methyl sites for hydroxylation is 1. The van der Waals surface area contributed by atoms with Gasteiger partial charge in [0.05, 0.1) is 5.69 Å². The Kier molecular flexibility index (Phi) is 1.94. The molecular formula is C9H15NO. The van der Waals surface area contributed by atoms with Gasteiger partial charge in [-0.3, -0.25) is 0 Å². The Bertz CT molecular complexity index is 261. The predicted molar refractivity (Wildman–Crippen MR) is 45.9 cm³/mol. The van der Waals surface area contributed by atoms with Crippen LogP contribution in [0.1, 0.15) is 31.0 Å². The van der Waals surface area contributed by atoms with E-state index in [1.807, 2.05) is 24.7 Å². The number of aromatic hydroxyl groups is 1. The SMILES string of the molecule is Cc1c(O)c(C(C)C)cn1C. The maximum absolute atomic E-state index is 9.57. The molecule has 0 bridgehead atoms. The van der Waals surface area contributed by atoms with Crippen LogP contribution in [0.5, 0.6) is 5.75 Å². The van der Waals surface area contributed by atoms with Gasteiger partial charge in [0.2, 0.25) is 0 Å². The second-order valence-corrected chi connectivity index (χ2v) is 3.28. The first-order valence-electron chi connectivity index (χ1n) is 3.88. The summed E-state index contributed by atoms with van der Waals surface area (Å²) >= 11 is 0. The molecule has 0 aliphatic carbocycles. The molecular weight excluding hydrogens is 138 g/mol. The number of rotatable bonds is 1. The fourth-order valence-corrected chi connectivity index (χ4v) is 1.17. The Morgan fingerprint density at radius 3 is 2.18 bits per heavy atom. The van der Waals surface area contributed by atoms with E-state index in [0.29, 0.717) is 11.7 Å². The molecule has 2 heteroatoms. The van der Waals surface area contributed by atoms with Crippen LogP contribution in [-0.2, 0) is 7.05 Å². The molecule has 0 fully saturated rings. The van der Waals surface area contributed by atoms with Crippen molar-refractivity contribution in [2.24, 2.45) is 7.05 Å². The largest absolute Gasteiger partial charge is 0.506 e. The molecule has 1 aromatic heterocycles. The van der Waals surface area contributed by atoms with Gasteiger partial charge in [0, 0.05) is 18.8 Å². The third-order valence-electron chi connectivity index (χ3n) is 2.10. The quantitative estimate of drug-likeness (QED) is 0.657. The van der Waals surface area contributed by atoms with Crippen molar-refractivity contribution in [1.29, 1.82) is 0 Å². The van der Waals surface area contributed by atoms with Crippen molar-refractivity contribution in [3.05, 3.63) is 17.5 Å². The maximum Gasteiger partial charge on any atom is 0.139 e. The zero-order chi connectivity index (χ0) is 8.59. The molecule has 0 saturated heterocycles. The fourth-order valence-electron chi connectivity index (χ4n) is 1.17. The first-order chi connectivity index (χ1) is 5.04. The summed E-state index contributed by atoms with van der Waals surface area (Å²) in [5.41, 5.74) is 1.97. The number of hydrogen-bond donors (Lipinski definition) is 1. The van der Waals surface area contributed by atoms with Crippen LogP contribution in [0.3, 0.4) is 0 Å². The molecule has 2 nitrogen and oxygen atoms in total. The average molecular weight is 153 g/mol. The van der Waals surface area contributed by atoms with Crippen molar-refractivity contribution in [3.63, 3.8) is 0 Å². The highest BCUT2D eigenvalue weighted by atomic mass is 16.3. The minimum Gasteiger partial charge on any atom is -0.506 e. The highest BCUT2D eigenvalue weighted by Gasteiger charge is 2.11. The number of aromatic nitrogens is 1. The summed E-state index contributed by atoms with van der Waals surface area (Å²) in [5, 5.41) is 9.57. The van der Waals surface area contributed by atoms with Gasteiger partial charge in [-0.05, 0) is 12.8 Å². The van der Waals surface area contributed by atoms with Gasteiger partial charge in [-0.2, -0.15) is 0 Å². The molecule has 0 atom stereocenters. The Morgan fingerprint density at radius 2 is 2.00 bits per heavy atom. The molecule has 62 valence electrons. The molecule has 0 aliphatic rings. The van der Waals surface area contributed by atoms with Gasteiger partial charge >= 0.3 is 0 Å². The minimum atomic E-state index is 0.398. The van der Waals surface area contributed by atoms with Crippen molar-refractivity contribution in [2.75, 3.05) is 0 Å². The lowest BCUT2D eigenvalue weighted by Crippen LogP contribution is -1.86. The standard InChI is InChI=1S/C9H15NO/c1-6(2)8-5-10(4)7(3)9(8)11/h5-6,11H,1-4H3. The van der Waals surface area contributed by atoms with Crippen LogP contribution in [0.15, 0.2) is 6.20 Å². The topological polar surface area (TPSA) is 25.2 Å². The van der Waals surface area contributed by atoms with E-state index in [9.17, 15) is 5.11 Å².